The lowest BCUT2D eigenvalue weighted by Crippen LogP contribution is -2.37. The number of carbonyl (C=O) groups excluding carboxylic acids is 1. The van der Waals surface area contributed by atoms with Gasteiger partial charge in [-0.05, 0) is 61.6 Å². The first-order valence-electron chi connectivity index (χ1n) is 11.9. The Morgan fingerprint density at radius 3 is 2.65 bits per heavy atom. The molecule has 0 saturated carbocycles. The molecule has 3 rings (SSSR count). The Bertz CT molecular complexity index is 1370. The second kappa shape index (κ2) is 11.6. The highest BCUT2D eigenvalue weighted by atomic mass is 32.2. The lowest BCUT2D eigenvalue weighted by Gasteiger charge is -2.18. The van der Waals surface area contributed by atoms with Crippen LogP contribution in [-0.2, 0) is 21.2 Å². The van der Waals surface area contributed by atoms with Gasteiger partial charge >= 0.3 is 0 Å². The predicted molar refractivity (Wildman–Crippen MR) is 145 cm³/mol. The van der Waals surface area contributed by atoms with Gasteiger partial charge in [0.1, 0.15) is 23.4 Å². The average molecular weight is 524 g/mol. The molecule has 2 N–H and O–H groups in total. The maximum atomic E-state index is 12.6. The Labute approximate surface area is 218 Å². The van der Waals surface area contributed by atoms with E-state index >= 15 is 0 Å². The molecule has 2 aromatic rings. The number of hydrogen-bond acceptors (Lipinski definition) is 6. The molecule has 0 heterocycles. The van der Waals surface area contributed by atoms with Crippen LogP contribution in [0, 0.1) is 11.3 Å². The molecule has 2 aromatic carbocycles. The number of carbonyl (C=O) groups is 1. The van der Waals surface area contributed by atoms with Crippen molar-refractivity contribution in [1.29, 1.82) is 5.26 Å². The van der Waals surface area contributed by atoms with E-state index in [1.807, 2.05) is 38.1 Å². The predicted octanol–water partition coefficient (Wildman–Crippen LogP) is 2.98. The number of benzene rings is 2. The highest BCUT2D eigenvalue weighted by Crippen LogP contribution is 2.34. The summed E-state index contributed by atoms with van der Waals surface area (Å²) in [6, 6.07) is 12.7. The summed E-state index contributed by atoms with van der Waals surface area (Å²) in [5, 5.41) is 12.8. The highest BCUT2D eigenvalue weighted by Gasteiger charge is 2.30. The van der Waals surface area contributed by atoms with Gasteiger partial charge in [-0.15, -0.1) is 0 Å². The molecule has 0 spiro atoms. The monoisotopic (exact) mass is 523 g/mol. The van der Waals surface area contributed by atoms with Gasteiger partial charge in [0.15, 0.2) is 0 Å². The molecule has 0 fully saturated rings. The Hall–Kier alpha value is -3.68. The lowest BCUT2D eigenvalue weighted by atomic mass is 10.0. The SMILES string of the molecule is C=C(NC(=NC)c1cccc2c1CCC2NS(=O)(=O)CC(=O)N(C)C)c1ccc(OC(C)C)c(C#N)c1. The molecule has 0 radical (unpaired) electrons. The van der Waals surface area contributed by atoms with E-state index < -0.39 is 27.7 Å². The van der Waals surface area contributed by atoms with E-state index in [9.17, 15) is 18.5 Å². The van der Waals surface area contributed by atoms with Crippen LogP contribution < -0.4 is 14.8 Å². The second-order valence-electron chi connectivity index (χ2n) is 9.29. The van der Waals surface area contributed by atoms with Crippen LogP contribution in [0.4, 0.5) is 0 Å². The van der Waals surface area contributed by atoms with Gasteiger partial charge in [0.2, 0.25) is 15.9 Å². The Kier molecular flexibility index (Phi) is 8.73. The standard InChI is InChI=1S/C27H33N5O4S/c1-17(2)36-25-13-10-19(14-20(25)15-28)18(3)30-27(29-4)23-9-7-8-22-21(23)11-12-24(22)31-37(34,35)16-26(33)32(5)6/h7-10,13-14,17,24,31H,3,11-12,16H2,1-2,4-6H3,(H,29,30). The topological polar surface area (TPSA) is 124 Å². The smallest absolute Gasteiger partial charge is 0.238 e. The van der Waals surface area contributed by atoms with Gasteiger partial charge in [-0.25, -0.2) is 13.1 Å². The van der Waals surface area contributed by atoms with Crippen LogP contribution >= 0.6 is 0 Å². The van der Waals surface area contributed by atoms with Crippen LogP contribution in [0.3, 0.4) is 0 Å². The number of nitrogens with zero attached hydrogens (tertiary/aromatic N) is 3. The summed E-state index contributed by atoms with van der Waals surface area (Å²) >= 11 is 0. The van der Waals surface area contributed by atoms with Gasteiger partial charge in [0.05, 0.1) is 11.7 Å². The van der Waals surface area contributed by atoms with Crippen LogP contribution in [0.25, 0.3) is 5.70 Å². The molecule has 1 aliphatic carbocycles. The van der Waals surface area contributed by atoms with E-state index in [2.05, 4.69) is 27.7 Å². The summed E-state index contributed by atoms with van der Waals surface area (Å²) in [6.07, 6.45) is 1.16. The van der Waals surface area contributed by atoms with Gasteiger partial charge < -0.3 is 15.0 Å². The van der Waals surface area contributed by atoms with E-state index in [1.165, 1.54) is 19.0 Å². The van der Waals surface area contributed by atoms with Crippen LogP contribution in [0.15, 0.2) is 48.0 Å². The number of ether oxygens (including phenoxy) is 1. The van der Waals surface area contributed by atoms with Crippen molar-refractivity contribution in [3.05, 3.63) is 70.8 Å². The second-order valence-corrected chi connectivity index (χ2v) is 11.0. The maximum absolute atomic E-state index is 12.6. The van der Waals surface area contributed by atoms with Crippen molar-refractivity contribution < 1.29 is 17.9 Å². The number of amides is 1. The summed E-state index contributed by atoms with van der Waals surface area (Å²) < 4.78 is 33.6. The number of rotatable bonds is 9. The van der Waals surface area contributed by atoms with Crippen molar-refractivity contribution in [3.63, 3.8) is 0 Å². The molecule has 1 aliphatic rings. The number of nitriles is 1. The van der Waals surface area contributed by atoms with Crippen molar-refractivity contribution in [3.8, 4) is 11.8 Å². The van der Waals surface area contributed by atoms with Gasteiger partial charge in [0, 0.05) is 38.4 Å². The molecule has 10 heteroatoms. The molecule has 9 nitrogen and oxygen atoms in total. The molecule has 0 aliphatic heterocycles. The number of aliphatic imine (C=N–C) groups is 1. The summed E-state index contributed by atoms with van der Waals surface area (Å²) in [7, 11) is 0.911. The molecular weight excluding hydrogens is 490 g/mol. The molecule has 0 bridgehead atoms. The fourth-order valence-corrected chi connectivity index (χ4v) is 5.51. The van der Waals surface area contributed by atoms with E-state index in [0.29, 0.717) is 35.7 Å². The van der Waals surface area contributed by atoms with Gasteiger partial charge in [-0.3, -0.25) is 9.79 Å². The zero-order valence-corrected chi connectivity index (χ0v) is 22.6. The van der Waals surface area contributed by atoms with Crippen LogP contribution in [0.5, 0.6) is 5.75 Å². The fourth-order valence-electron chi connectivity index (χ4n) is 4.17. The molecule has 1 atom stereocenters. The quantitative estimate of drug-likeness (QED) is 0.385. The molecule has 0 saturated heterocycles. The van der Waals surface area contributed by atoms with Crippen molar-refractivity contribution in [2.45, 2.75) is 38.8 Å². The first kappa shape index (κ1) is 27.9. The summed E-state index contributed by atoms with van der Waals surface area (Å²) in [5.74, 6) is 0.0143. The van der Waals surface area contributed by atoms with E-state index in [1.54, 1.807) is 19.2 Å². The summed E-state index contributed by atoms with van der Waals surface area (Å²) in [5.41, 5.74) is 4.36. The van der Waals surface area contributed by atoms with Gasteiger partial charge in [-0.2, -0.15) is 5.26 Å². The number of sulfonamides is 1. The fraction of sp³-hybridized carbons (Fsp3) is 0.370. The first-order valence-corrected chi connectivity index (χ1v) is 13.6. The third kappa shape index (κ3) is 6.76. The third-order valence-electron chi connectivity index (χ3n) is 5.96. The van der Waals surface area contributed by atoms with Crippen molar-refractivity contribution in [2.24, 2.45) is 4.99 Å². The Balaban J connectivity index is 1.82. The minimum atomic E-state index is -3.80. The maximum Gasteiger partial charge on any atom is 0.238 e. The van der Waals surface area contributed by atoms with E-state index in [-0.39, 0.29) is 6.10 Å². The zero-order chi connectivity index (χ0) is 27.3. The first-order chi connectivity index (χ1) is 17.5. The van der Waals surface area contributed by atoms with Crippen molar-refractivity contribution in [2.75, 3.05) is 26.9 Å². The number of amidine groups is 1. The molecule has 1 amide bonds. The molecular formula is C27H33N5O4S. The number of hydrogen-bond donors (Lipinski definition) is 2. The minimum absolute atomic E-state index is 0.0555. The van der Waals surface area contributed by atoms with Crippen LogP contribution in [0.2, 0.25) is 0 Å². The molecule has 1 unspecified atom stereocenters. The summed E-state index contributed by atoms with van der Waals surface area (Å²) in [6.45, 7) is 7.93. The van der Waals surface area contributed by atoms with Gasteiger partial charge in [-0.1, -0.05) is 24.8 Å². The molecule has 37 heavy (non-hydrogen) atoms. The lowest BCUT2D eigenvalue weighted by molar-refractivity contribution is -0.125. The van der Waals surface area contributed by atoms with Gasteiger partial charge in [0.25, 0.3) is 0 Å². The number of fused-ring (bicyclic) bond motifs is 1. The Morgan fingerprint density at radius 1 is 1.30 bits per heavy atom. The average Bonchev–Trinajstić information content (AvgIpc) is 3.24. The largest absolute Gasteiger partial charge is 0.490 e. The number of nitrogens with one attached hydrogen (secondary N) is 2. The van der Waals surface area contributed by atoms with Crippen LogP contribution in [0.1, 0.15) is 54.1 Å². The van der Waals surface area contributed by atoms with E-state index in [0.717, 1.165) is 22.3 Å². The minimum Gasteiger partial charge on any atom is -0.490 e. The third-order valence-corrected chi connectivity index (χ3v) is 7.23. The molecule has 196 valence electrons. The molecule has 0 aromatic heterocycles. The normalized spacial score (nSPS) is 15.2. The zero-order valence-electron chi connectivity index (χ0n) is 21.8. The van der Waals surface area contributed by atoms with E-state index in [4.69, 9.17) is 4.74 Å². The summed E-state index contributed by atoms with van der Waals surface area (Å²) in [4.78, 5) is 17.6. The van der Waals surface area contributed by atoms with Crippen LogP contribution in [-0.4, -0.2) is 58.1 Å². The van der Waals surface area contributed by atoms with Crippen molar-refractivity contribution >= 4 is 27.5 Å². The Morgan fingerprint density at radius 2 is 2.03 bits per heavy atom. The highest BCUT2D eigenvalue weighted by molar-refractivity contribution is 7.90. The van der Waals surface area contributed by atoms with Crippen molar-refractivity contribution in [1.82, 2.24) is 14.9 Å².